The summed E-state index contributed by atoms with van der Waals surface area (Å²) < 4.78 is 5.15. The second-order valence-electron chi connectivity index (χ2n) is 2.31. The lowest BCUT2D eigenvalue weighted by molar-refractivity contribution is 0.322. The molecule has 0 saturated heterocycles. The van der Waals surface area contributed by atoms with E-state index in [1.54, 1.807) is 24.3 Å². The minimum Gasteiger partial charge on any atom is -0.481 e. The van der Waals surface area contributed by atoms with Crippen molar-refractivity contribution in [3.63, 3.8) is 0 Å². The monoisotopic (exact) mass is 175 g/mol. The summed E-state index contributed by atoms with van der Waals surface area (Å²) in [6, 6.07) is 7.06. The standard InChI is InChI=1S/C10H9NO2/c1-2-7-13-10-5-3-9(4-6-10)8-11-12/h1,3-6,8,12H,7H2/b11-8+. The molecule has 1 aromatic rings. The smallest absolute Gasteiger partial charge is 0.148 e. The van der Waals surface area contributed by atoms with Crippen LogP contribution in [0, 0.1) is 12.3 Å². The van der Waals surface area contributed by atoms with Crippen LogP contribution in [-0.2, 0) is 0 Å². The molecule has 1 rings (SSSR count). The largest absolute Gasteiger partial charge is 0.481 e. The van der Waals surface area contributed by atoms with E-state index in [1.165, 1.54) is 6.21 Å². The van der Waals surface area contributed by atoms with Gasteiger partial charge in [-0.15, -0.1) is 6.42 Å². The molecule has 13 heavy (non-hydrogen) atoms. The molecule has 0 spiro atoms. The number of terminal acetylenes is 1. The lowest BCUT2D eigenvalue weighted by Gasteiger charge is -2.00. The number of ether oxygens (including phenoxy) is 1. The molecule has 0 saturated carbocycles. The summed E-state index contributed by atoms with van der Waals surface area (Å²) in [6.07, 6.45) is 6.36. The van der Waals surface area contributed by atoms with E-state index in [4.69, 9.17) is 16.4 Å². The van der Waals surface area contributed by atoms with Gasteiger partial charge in [-0.25, -0.2) is 0 Å². The third kappa shape index (κ3) is 2.88. The second kappa shape index (κ2) is 4.83. The van der Waals surface area contributed by atoms with E-state index in [-0.39, 0.29) is 6.61 Å². The van der Waals surface area contributed by atoms with Gasteiger partial charge in [0.25, 0.3) is 0 Å². The van der Waals surface area contributed by atoms with Crippen molar-refractivity contribution >= 4 is 6.21 Å². The zero-order chi connectivity index (χ0) is 9.52. The molecule has 0 aromatic heterocycles. The predicted molar refractivity (Wildman–Crippen MR) is 50.2 cm³/mol. The van der Waals surface area contributed by atoms with Gasteiger partial charge in [-0.05, 0) is 29.8 Å². The molecule has 66 valence electrons. The molecule has 3 nitrogen and oxygen atoms in total. The third-order valence-corrected chi connectivity index (χ3v) is 1.41. The van der Waals surface area contributed by atoms with Crippen LogP contribution in [-0.4, -0.2) is 18.0 Å². The first-order valence-corrected chi connectivity index (χ1v) is 3.70. The molecule has 0 aliphatic carbocycles. The van der Waals surface area contributed by atoms with Crippen LogP contribution in [0.4, 0.5) is 0 Å². The van der Waals surface area contributed by atoms with Gasteiger partial charge in [0.2, 0.25) is 0 Å². The fourth-order valence-corrected chi connectivity index (χ4v) is 0.842. The first-order valence-electron chi connectivity index (χ1n) is 3.70. The first kappa shape index (κ1) is 9.14. The molecule has 1 N–H and O–H groups in total. The number of hydrogen-bond donors (Lipinski definition) is 1. The molecule has 0 heterocycles. The Bertz CT molecular complexity index is 322. The van der Waals surface area contributed by atoms with Gasteiger partial charge in [-0.3, -0.25) is 0 Å². The summed E-state index contributed by atoms with van der Waals surface area (Å²) in [5, 5.41) is 11.1. The van der Waals surface area contributed by atoms with Crippen molar-refractivity contribution in [3.05, 3.63) is 29.8 Å². The highest BCUT2D eigenvalue weighted by atomic mass is 16.5. The van der Waals surface area contributed by atoms with E-state index in [1.807, 2.05) is 0 Å². The fourth-order valence-electron chi connectivity index (χ4n) is 0.842. The minimum atomic E-state index is 0.257. The molecule has 0 fully saturated rings. The molecule has 0 unspecified atom stereocenters. The van der Waals surface area contributed by atoms with Crippen LogP contribution in [0.2, 0.25) is 0 Å². The lowest BCUT2D eigenvalue weighted by atomic mass is 10.2. The Morgan fingerprint density at radius 1 is 1.46 bits per heavy atom. The maximum absolute atomic E-state index is 8.24. The summed E-state index contributed by atoms with van der Waals surface area (Å²) in [5.74, 6) is 3.07. The summed E-state index contributed by atoms with van der Waals surface area (Å²) in [7, 11) is 0. The van der Waals surface area contributed by atoms with Crippen molar-refractivity contribution in [2.24, 2.45) is 5.16 Å². The summed E-state index contributed by atoms with van der Waals surface area (Å²) in [6.45, 7) is 0.257. The Balaban J connectivity index is 2.65. The number of oxime groups is 1. The van der Waals surface area contributed by atoms with Crippen LogP contribution in [0.15, 0.2) is 29.4 Å². The van der Waals surface area contributed by atoms with Crippen molar-refractivity contribution < 1.29 is 9.94 Å². The maximum atomic E-state index is 8.24. The van der Waals surface area contributed by atoms with E-state index in [0.717, 1.165) is 5.56 Å². The first-order chi connectivity index (χ1) is 6.36. The normalized spacial score (nSPS) is 9.77. The van der Waals surface area contributed by atoms with Crippen LogP contribution in [0.3, 0.4) is 0 Å². The topological polar surface area (TPSA) is 41.8 Å². The molecule has 0 radical (unpaired) electrons. The summed E-state index contributed by atoms with van der Waals surface area (Å²) >= 11 is 0. The second-order valence-corrected chi connectivity index (χ2v) is 2.31. The quantitative estimate of drug-likeness (QED) is 0.327. The summed E-state index contributed by atoms with van der Waals surface area (Å²) in [4.78, 5) is 0. The Morgan fingerprint density at radius 2 is 2.15 bits per heavy atom. The van der Waals surface area contributed by atoms with E-state index in [0.29, 0.717) is 5.75 Å². The zero-order valence-corrected chi connectivity index (χ0v) is 6.97. The average Bonchev–Trinajstić information content (AvgIpc) is 2.17. The van der Waals surface area contributed by atoms with Gasteiger partial charge in [0, 0.05) is 0 Å². The molecule has 0 aliphatic rings. The Hall–Kier alpha value is -1.95. The van der Waals surface area contributed by atoms with E-state index in [2.05, 4.69) is 11.1 Å². The molecule has 0 aliphatic heterocycles. The third-order valence-electron chi connectivity index (χ3n) is 1.41. The Kier molecular flexibility index (Phi) is 3.40. The van der Waals surface area contributed by atoms with Crippen molar-refractivity contribution in [3.8, 4) is 18.1 Å². The maximum Gasteiger partial charge on any atom is 0.148 e. The van der Waals surface area contributed by atoms with Gasteiger partial charge < -0.3 is 9.94 Å². The van der Waals surface area contributed by atoms with Crippen molar-refractivity contribution in [1.82, 2.24) is 0 Å². The number of benzene rings is 1. The van der Waals surface area contributed by atoms with E-state index < -0.39 is 0 Å². The molecule has 0 bridgehead atoms. The molecule has 3 heteroatoms. The highest BCUT2D eigenvalue weighted by Crippen LogP contribution is 2.10. The van der Waals surface area contributed by atoms with Crippen LogP contribution < -0.4 is 4.74 Å². The summed E-state index contributed by atoms with van der Waals surface area (Å²) in [5.41, 5.74) is 0.801. The van der Waals surface area contributed by atoms with Crippen LogP contribution in [0.1, 0.15) is 5.56 Å². The molecular weight excluding hydrogens is 166 g/mol. The van der Waals surface area contributed by atoms with Crippen molar-refractivity contribution in [1.29, 1.82) is 0 Å². The van der Waals surface area contributed by atoms with Crippen LogP contribution in [0.5, 0.6) is 5.75 Å². The van der Waals surface area contributed by atoms with Gasteiger partial charge in [-0.1, -0.05) is 11.1 Å². The Morgan fingerprint density at radius 3 is 2.69 bits per heavy atom. The van der Waals surface area contributed by atoms with Gasteiger partial charge in [0.1, 0.15) is 12.4 Å². The van der Waals surface area contributed by atoms with Gasteiger partial charge in [0.05, 0.1) is 6.21 Å². The van der Waals surface area contributed by atoms with Gasteiger partial charge in [0.15, 0.2) is 0 Å². The number of hydrogen-bond acceptors (Lipinski definition) is 3. The fraction of sp³-hybridized carbons (Fsp3) is 0.100. The molecule has 0 amide bonds. The highest BCUT2D eigenvalue weighted by molar-refractivity contribution is 5.79. The van der Waals surface area contributed by atoms with Crippen LogP contribution >= 0.6 is 0 Å². The predicted octanol–water partition coefficient (Wildman–Crippen LogP) is 1.51. The van der Waals surface area contributed by atoms with E-state index >= 15 is 0 Å². The molecule has 1 aromatic carbocycles. The zero-order valence-electron chi connectivity index (χ0n) is 6.97. The molecular formula is C10H9NO2. The SMILES string of the molecule is C#CCOc1ccc(/C=N/O)cc1. The van der Waals surface area contributed by atoms with E-state index in [9.17, 15) is 0 Å². The van der Waals surface area contributed by atoms with Crippen LogP contribution in [0.25, 0.3) is 0 Å². The minimum absolute atomic E-state index is 0.257. The van der Waals surface area contributed by atoms with Crippen molar-refractivity contribution in [2.45, 2.75) is 0 Å². The number of nitrogens with zero attached hydrogens (tertiary/aromatic N) is 1. The molecule has 0 atom stereocenters. The lowest BCUT2D eigenvalue weighted by Crippen LogP contribution is -1.93. The Labute approximate surface area is 76.6 Å². The van der Waals surface area contributed by atoms with Crippen molar-refractivity contribution in [2.75, 3.05) is 6.61 Å². The van der Waals surface area contributed by atoms with Gasteiger partial charge >= 0.3 is 0 Å². The highest BCUT2D eigenvalue weighted by Gasteiger charge is 1.91. The average molecular weight is 175 g/mol. The van der Waals surface area contributed by atoms with Gasteiger partial charge in [-0.2, -0.15) is 0 Å². The number of rotatable bonds is 3.